The van der Waals surface area contributed by atoms with Crippen LogP contribution in [0.1, 0.15) is 43.7 Å². The first kappa shape index (κ1) is 16.4. The van der Waals surface area contributed by atoms with Gasteiger partial charge in [0.2, 0.25) is 0 Å². The predicted molar refractivity (Wildman–Crippen MR) is 80.6 cm³/mol. The summed E-state index contributed by atoms with van der Waals surface area (Å²) in [5.74, 6) is 0.635. The minimum Gasteiger partial charge on any atom is -0.374 e. The van der Waals surface area contributed by atoms with Gasteiger partial charge in [-0.15, -0.1) is 0 Å². The van der Waals surface area contributed by atoms with E-state index in [2.05, 4.69) is 29.6 Å². The standard InChI is InChI=1S/C17H25F2NO/c18-16(19)13-21-12-11-20-17(14-7-3-1-4-8-14)15-9-5-2-6-10-15/h1,3-4,7-8,15-17,20H,2,5-6,9-13H2. The van der Waals surface area contributed by atoms with Crippen LogP contribution >= 0.6 is 0 Å². The molecule has 21 heavy (non-hydrogen) atoms. The molecule has 1 aliphatic rings. The average molecular weight is 297 g/mol. The fourth-order valence-electron chi connectivity index (χ4n) is 3.14. The van der Waals surface area contributed by atoms with Crippen molar-refractivity contribution >= 4 is 0 Å². The van der Waals surface area contributed by atoms with Crippen molar-refractivity contribution in [2.75, 3.05) is 19.8 Å². The van der Waals surface area contributed by atoms with E-state index in [0.717, 1.165) is 0 Å². The Bertz CT molecular complexity index is 380. The van der Waals surface area contributed by atoms with E-state index in [4.69, 9.17) is 4.74 Å². The fourth-order valence-corrected chi connectivity index (χ4v) is 3.14. The van der Waals surface area contributed by atoms with Crippen molar-refractivity contribution in [3.8, 4) is 0 Å². The van der Waals surface area contributed by atoms with Gasteiger partial charge >= 0.3 is 0 Å². The summed E-state index contributed by atoms with van der Waals surface area (Å²) in [4.78, 5) is 0. The Morgan fingerprint density at radius 3 is 2.48 bits per heavy atom. The molecule has 0 heterocycles. The molecule has 0 spiro atoms. The quantitative estimate of drug-likeness (QED) is 0.727. The molecule has 1 aliphatic carbocycles. The normalized spacial score (nSPS) is 18.0. The molecule has 0 saturated heterocycles. The van der Waals surface area contributed by atoms with Crippen LogP contribution in [-0.4, -0.2) is 26.2 Å². The van der Waals surface area contributed by atoms with Gasteiger partial charge in [0.25, 0.3) is 6.43 Å². The number of rotatable bonds is 8. The predicted octanol–water partition coefficient (Wildman–Crippen LogP) is 4.18. The molecule has 1 saturated carbocycles. The van der Waals surface area contributed by atoms with Crippen molar-refractivity contribution in [1.82, 2.24) is 5.32 Å². The van der Waals surface area contributed by atoms with Gasteiger partial charge in [-0.05, 0) is 24.3 Å². The molecule has 1 N–H and O–H groups in total. The van der Waals surface area contributed by atoms with Crippen molar-refractivity contribution in [1.29, 1.82) is 0 Å². The molecule has 0 aromatic heterocycles. The van der Waals surface area contributed by atoms with E-state index in [0.29, 0.717) is 25.1 Å². The van der Waals surface area contributed by atoms with Gasteiger partial charge in [-0.3, -0.25) is 0 Å². The number of hydrogen-bond donors (Lipinski definition) is 1. The third-order valence-electron chi connectivity index (χ3n) is 4.13. The van der Waals surface area contributed by atoms with E-state index in [9.17, 15) is 8.78 Å². The third kappa shape index (κ3) is 5.71. The van der Waals surface area contributed by atoms with E-state index in [-0.39, 0.29) is 0 Å². The highest BCUT2D eigenvalue weighted by Crippen LogP contribution is 2.34. The number of ether oxygens (including phenoxy) is 1. The van der Waals surface area contributed by atoms with Gasteiger partial charge in [0, 0.05) is 12.6 Å². The van der Waals surface area contributed by atoms with E-state index in [1.54, 1.807) is 0 Å². The maximum absolute atomic E-state index is 12.0. The maximum Gasteiger partial charge on any atom is 0.261 e. The second kappa shape index (κ2) is 9.11. The first-order chi connectivity index (χ1) is 10.3. The minimum absolute atomic E-state index is 0.307. The van der Waals surface area contributed by atoms with Gasteiger partial charge < -0.3 is 10.1 Å². The molecular weight excluding hydrogens is 272 g/mol. The van der Waals surface area contributed by atoms with Gasteiger partial charge in [-0.25, -0.2) is 8.78 Å². The van der Waals surface area contributed by atoms with Crippen LogP contribution in [0.2, 0.25) is 0 Å². The highest BCUT2D eigenvalue weighted by Gasteiger charge is 2.24. The number of hydrogen-bond acceptors (Lipinski definition) is 2. The molecule has 2 rings (SSSR count). The summed E-state index contributed by atoms with van der Waals surface area (Å²) in [7, 11) is 0. The number of benzene rings is 1. The maximum atomic E-state index is 12.0. The van der Waals surface area contributed by atoms with Crippen LogP contribution < -0.4 is 5.32 Å². The number of halogens is 2. The van der Waals surface area contributed by atoms with Crippen LogP contribution in [0.3, 0.4) is 0 Å². The zero-order chi connectivity index (χ0) is 14.9. The molecule has 1 aromatic rings. The van der Waals surface area contributed by atoms with Gasteiger partial charge in [-0.1, -0.05) is 49.6 Å². The zero-order valence-electron chi connectivity index (χ0n) is 12.4. The molecule has 118 valence electrons. The molecule has 2 nitrogen and oxygen atoms in total. The molecule has 1 atom stereocenters. The Morgan fingerprint density at radius 2 is 1.81 bits per heavy atom. The summed E-state index contributed by atoms with van der Waals surface area (Å²) in [6.07, 6.45) is 4.01. The first-order valence-corrected chi connectivity index (χ1v) is 7.91. The van der Waals surface area contributed by atoms with Crippen molar-refractivity contribution in [3.05, 3.63) is 35.9 Å². The first-order valence-electron chi connectivity index (χ1n) is 7.91. The second-order valence-electron chi connectivity index (χ2n) is 5.71. The largest absolute Gasteiger partial charge is 0.374 e. The molecule has 1 aromatic carbocycles. The molecule has 0 radical (unpaired) electrons. The summed E-state index contributed by atoms with van der Waals surface area (Å²) < 4.78 is 29.0. The van der Waals surface area contributed by atoms with E-state index < -0.39 is 13.0 Å². The van der Waals surface area contributed by atoms with Gasteiger partial charge in [0.1, 0.15) is 6.61 Å². The monoisotopic (exact) mass is 297 g/mol. The van der Waals surface area contributed by atoms with Crippen LogP contribution in [-0.2, 0) is 4.74 Å². The van der Waals surface area contributed by atoms with Crippen LogP contribution in [0.15, 0.2) is 30.3 Å². The van der Waals surface area contributed by atoms with Gasteiger partial charge in [0.05, 0.1) is 6.61 Å². The number of nitrogens with one attached hydrogen (secondary N) is 1. The van der Waals surface area contributed by atoms with Crippen molar-refractivity contribution < 1.29 is 13.5 Å². The summed E-state index contributed by atoms with van der Waals surface area (Å²) in [6, 6.07) is 10.7. The lowest BCUT2D eigenvalue weighted by Gasteiger charge is -2.31. The fraction of sp³-hybridized carbons (Fsp3) is 0.647. The summed E-state index contributed by atoms with van der Waals surface area (Å²) in [6.45, 7) is 0.476. The molecule has 0 bridgehead atoms. The Labute approximate surface area is 125 Å². The minimum atomic E-state index is -2.38. The van der Waals surface area contributed by atoms with Gasteiger partial charge in [0.15, 0.2) is 0 Å². The van der Waals surface area contributed by atoms with Crippen molar-refractivity contribution in [3.63, 3.8) is 0 Å². The topological polar surface area (TPSA) is 21.3 Å². The molecule has 4 heteroatoms. The molecule has 1 fully saturated rings. The molecule has 0 aliphatic heterocycles. The Hall–Kier alpha value is -1.00. The highest BCUT2D eigenvalue weighted by atomic mass is 19.3. The molecule has 0 amide bonds. The lowest BCUT2D eigenvalue weighted by molar-refractivity contribution is 0.0175. The van der Waals surface area contributed by atoms with Crippen molar-refractivity contribution in [2.45, 2.75) is 44.6 Å². The van der Waals surface area contributed by atoms with Crippen LogP contribution in [0.25, 0.3) is 0 Å². The van der Waals surface area contributed by atoms with Crippen LogP contribution in [0.4, 0.5) is 8.78 Å². The summed E-state index contributed by atoms with van der Waals surface area (Å²) in [5.41, 5.74) is 1.29. The molecule has 1 unspecified atom stereocenters. The van der Waals surface area contributed by atoms with E-state index in [1.165, 1.54) is 37.7 Å². The SMILES string of the molecule is FC(F)COCCNC(c1ccccc1)C1CCCCC1. The highest BCUT2D eigenvalue weighted by molar-refractivity contribution is 5.19. The Morgan fingerprint density at radius 1 is 1.10 bits per heavy atom. The smallest absolute Gasteiger partial charge is 0.261 e. The lowest BCUT2D eigenvalue weighted by Crippen LogP contribution is -2.32. The Balaban J connectivity index is 1.86. The van der Waals surface area contributed by atoms with Crippen LogP contribution in [0.5, 0.6) is 0 Å². The average Bonchev–Trinajstić information content (AvgIpc) is 2.52. The Kier molecular flexibility index (Phi) is 7.10. The second-order valence-corrected chi connectivity index (χ2v) is 5.71. The number of alkyl halides is 2. The van der Waals surface area contributed by atoms with Gasteiger partial charge in [-0.2, -0.15) is 0 Å². The zero-order valence-corrected chi connectivity index (χ0v) is 12.4. The van der Waals surface area contributed by atoms with Crippen molar-refractivity contribution in [2.24, 2.45) is 5.92 Å². The van der Waals surface area contributed by atoms with E-state index >= 15 is 0 Å². The molecular formula is C17H25F2NO. The van der Waals surface area contributed by atoms with E-state index in [1.807, 2.05) is 6.07 Å². The van der Waals surface area contributed by atoms with Crippen LogP contribution in [0, 0.1) is 5.92 Å². The lowest BCUT2D eigenvalue weighted by atomic mass is 9.81. The summed E-state index contributed by atoms with van der Waals surface area (Å²) >= 11 is 0. The summed E-state index contributed by atoms with van der Waals surface area (Å²) in [5, 5.41) is 3.51. The third-order valence-corrected chi connectivity index (χ3v) is 4.13.